The molecular weight excluding hydrogens is 322 g/mol. The summed E-state index contributed by atoms with van der Waals surface area (Å²) in [6, 6.07) is 8.23. The summed E-state index contributed by atoms with van der Waals surface area (Å²) in [5.74, 6) is 0.316. The number of nitrogens with zero attached hydrogens (tertiary/aromatic N) is 2. The van der Waals surface area contributed by atoms with E-state index in [9.17, 15) is 9.59 Å². The van der Waals surface area contributed by atoms with E-state index in [1.54, 1.807) is 11.8 Å². The molecule has 0 saturated carbocycles. The Morgan fingerprint density at radius 1 is 1.21 bits per heavy atom. The molecule has 128 valence electrons. The Bertz CT molecular complexity index is 635. The summed E-state index contributed by atoms with van der Waals surface area (Å²) in [5.41, 5.74) is 1.24. The van der Waals surface area contributed by atoms with Crippen LogP contribution in [0.3, 0.4) is 0 Å². The third kappa shape index (κ3) is 2.71. The zero-order valence-electron chi connectivity index (χ0n) is 13.9. The van der Waals surface area contributed by atoms with Gasteiger partial charge < -0.3 is 15.1 Å². The minimum absolute atomic E-state index is 0.158. The third-order valence-corrected chi connectivity index (χ3v) is 6.14. The highest BCUT2D eigenvalue weighted by molar-refractivity contribution is 7.98. The average molecular weight is 345 g/mol. The summed E-state index contributed by atoms with van der Waals surface area (Å²) in [6.45, 7) is 2.18. The minimum Gasteiger partial charge on any atom is -0.329 e. The van der Waals surface area contributed by atoms with Crippen molar-refractivity contribution in [3.63, 3.8) is 0 Å². The predicted octanol–water partition coefficient (Wildman–Crippen LogP) is 1.47. The molecule has 0 aliphatic carbocycles. The summed E-state index contributed by atoms with van der Waals surface area (Å²) < 4.78 is 0. The molecule has 0 spiro atoms. The maximum absolute atomic E-state index is 12.6. The number of benzene rings is 1. The number of hydrogen-bond acceptors (Lipinski definition) is 4. The second-order valence-electron chi connectivity index (χ2n) is 6.86. The Hall–Kier alpha value is -1.53. The SMILES string of the molecule is CSc1cccc(CN[C@H]2C[C@H]3C(=O)N4CCC[C@H]4C(=O)N3C2)c1. The molecule has 24 heavy (non-hydrogen) atoms. The normalized spacial score (nSPS) is 29.1. The van der Waals surface area contributed by atoms with Gasteiger partial charge in [0, 0.05) is 30.6 Å². The second kappa shape index (κ2) is 6.41. The van der Waals surface area contributed by atoms with Crippen molar-refractivity contribution in [2.45, 2.75) is 48.8 Å². The van der Waals surface area contributed by atoms with Gasteiger partial charge in [-0.25, -0.2) is 0 Å². The Morgan fingerprint density at radius 3 is 2.88 bits per heavy atom. The van der Waals surface area contributed by atoms with Gasteiger partial charge in [-0.1, -0.05) is 12.1 Å². The molecular formula is C18H23N3O2S. The fourth-order valence-electron chi connectivity index (χ4n) is 4.18. The number of rotatable bonds is 4. The van der Waals surface area contributed by atoms with Crippen molar-refractivity contribution in [1.29, 1.82) is 0 Å². The summed E-state index contributed by atoms with van der Waals surface area (Å²) in [6.07, 6.45) is 4.59. The first-order valence-electron chi connectivity index (χ1n) is 8.64. The molecule has 3 aliphatic rings. The highest BCUT2D eigenvalue weighted by atomic mass is 32.2. The number of carbonyl (C=O) groups is 2. The molecule has 2 amide bonds. The number of fused-ring (bicyclic) bond motifs is 2. The lowest BCUT2D eigenvalue weighted by atomic mass is 10.1. The summed E-state index contributed by atoms with van der Waals surface area (Å²) >= 11 is 1.74. The number of nitrogens with one attached hydrogen (secondary N) is 1. The van der Waals surface area contributed by atoms with Crippen LogP contribution in [-0.2, 0) is 16.1 Å². The number of carbonyl (C=O) groups excluding carboxylic acids is 2. The van der Waals surface area contributed by atoms with Gasteiger partial charge in [0.2, 0.25) is 11.8 Å². The molecule has 1 aromatic rings. The highest BCUT2D eigenvalue weighted by Gasteiger charge is 2.51. The first-order chi connectivity index (χ1) is 11.7. The smallest absolute Gasteiger partial charge is 0.246 e. The van der Waals surface area contributed by atoms with Crippen LogP contribution in [0.2, 0.25) is 0 Å². The molecule has 3 heterocycles. The van der Waals surface area contributed by atoms with Gasteiger partial charge in [-0.3, -0.25) is 9.59 Å². The van der Waals surface area contributed by atoms with Crippen LogP contribution in [0.15, 0.2) is 29.2 Å². The van der Waals surface area contributed by atoms with Gasteiger partial charge in [0.15, 0.2) is 0 Å². The lowest BCUT2D eigenvalue weighted by molar-refractivity contribution is -0.156. The minimum atomic E-state index is -0.248. The van der Waals surface area contributed by atoms with Crippen molar-refractivity contribution >= 4 is 23.6 Å². The first kappa shape index (κ1) is 16.0. The molecule has 3 atom stereocenters. The van der Waals surface area contributed by atoms with Crippen molar-refractivity contribution in [3.05, 3.63) is 29.8 Å². The fourth-order valence-corrected chi connectivity index (χ4v) is 4.66. The van der Waals surface area contributed by atoms with Crippen molar-refractivity contribution in [1.82, 2.24) is 15.1 Å². The second-order valence-corrected chi connectivity index (χ2v) is 7.74. The molecule has 3 fully saturated rings. The van der Waals surface area contributed by atoms with E-state index in [1.165, 1.54) is 10.5 Å². The van der Waals surface area contributed by atoms with Crippen molar-refractivity contribution in [3.8, 4) is 0 Å². The largest absolute Gasteiger partial charge is 0.329 e. The van der Waals surface area contributed by atoms with E-state index in [0.29, 0.717) is 6.54 Å². The zero-order chi connectivity index (χ0) is 16.7. The molecule has 4 rings (SSSR count). The van der Waals surface area contributed by atoms with E-state index in [2.05, 4.69) is 35.8 Å². The van der Waals surface area contributed by atoms with Gasteiger partial charge >= 0.3 is 0 Å². The zero-order valence-corrected chi connectivity index (χ0v) is 14.7. The van der Waals surface area contributed by atoms with Gasteiger partial charge in [-0.2, -0.15) is 0 Å². The van der Waals surface area contributed by atoms with Crippen LogP contribution in [0.4, 0.5) is 0 Å². The molecule has 0 radical (unpaired) electrons. The van der Waals surface area contributed by atoms with Crippen molar-refractivity contribution < 1.29 is 9.59 Å². The topological polar surface area (TPSA) is 52.7 Å². The quantitative estimate of drug-likeness (QED) is 0.840. The van der Waals surface area contributed by atoms with Crippen LogP contribution < -0.4 is 5.32 Å². The number of thioether (sulfide) groups is 1. The van der Waals surface area contributed by atoms with E-state index in [4.69, 9.17) is 0 Å². The van der Waals surface area contributed by atoms with Gasteiger partial charge in [0.25, 0.3) is 0 Å². The van der Waals surface area contributed by atoms with Gasteiger partial charge in [-0.05, 0) is 43.2 Å². The lowest BCUT2D eigenvalue weighted by Crippen LogP contribution is -2.60. The molecule has 1 N–H and O–H groups in total. The molecule has 6 heteroatoms. The van der Waals surface area contributed by atoms with E-state index in [-0.39, 0.29) is 29.9 Å². The monoisotopic (exact) mass is 345 g/mol. The van der Waals surface area contributed by atoms with Crippen LogP contribution in [0.25, 0.3) is 0 Å². The number of hydrogen-bond donors (Lipinski definition) is 1. The Balaban J connectivity index is 1.41. The lowest BCUT2D eigenvalue weighted by Gasteiger charge is -2.38. The molecule has 3 saturated heterocycles. The van der Waals surface area contributed by atoms with E-state index in [0.717, 1.165) is 32.4 Å². The van der Waals surface area contributed by atoms with Gasteiger partial charge in [0.05, 0.1) is 0 Å². The molecule has 0 bridgehead atoms. The highest BCUT2D eigenvalue weighted by Crippen LogP contribution is 2.32. The van der Waals surface area contributed by atoms with E-state index in [1.807, 2.05) is 9.80 Å². The Morgan fingerprint density at radius 2 is 2.04 bits per heavy atom. The summed E-state index contributed by atoms with van der Waals surface area (Å²) in [4.78, 5) is 30.2. The van der Waals surface area contributed by atoms with E-state index < -0.39 is 0 Å². The molecule has 5 nitrogen and oxygen atoms in total. The first-order valence-corrected chi connectivity index (χ1v) is 9.87. The predicted molar refractivity (Wildman–Crippen MR) is 93.7 cm³/mol. The van der Waals surface area contributed by atoms with Crippen LogP contribution >= 0.6 is 11.8 Å². The third-order valence-electron chi connectivity index (χ3n) is 5.42. The van der Waals surface area contributed by atoms with Crippen molar-refractivity contribution in [2.75, 3.05) is 19.3 Å². The van der Waals surface area contributed by atoms with Crippen LogP contribution in [-0.4, -0.2) is 59.1 Å². The molecule has 1 aromatic carbocycles. The van der Waals surface area contributed by atoms with Gasteiger partial charge in [-0.15, -0.1) is 11.8 Å². The fraction of sp³-hybridized carbons (Fsp3) is 0.556. The Kier molecular flexibility index (Phi) is 4.26. The summed E-state index contributed by atoms with van der Waals surface area (Å²) in [5, 5.41) is 3.54. The van der Waals surface area contributed by atoms with Gasteiger partial charge in [0.1, 0.15) is 12.1 Å². The number of piperazine rings is 1. The molecule has 3 aliphatic heterocycles. The standard InChI is InChI=1S/C18H23N3O2S/c1-24-14-5-2-4-12(8-14)10-19-13-9-16-18(23)20-7-3-6-15(20)17(22)21(16)11-13/h2,4-5,8,13,15-16,19H,3,6-7,9-11H2,1H3/t13-,15-,16-/m0/s1. The summed E-state index contributed by atoms with van der Waals surface area (Å²) in [7, 11) is 0. The van der Waals surface area contributed by atoms with Crippen LogP contribution in [0, 0.1) is 0 Å². The molecule has 0 aromatic heterocycles. The number of amides is 2. The average Bonchev–Trinajstić information content (AvgIpc) is 3.25. The van der Waals surface area contributed by atoms with Crippen molar-refractivity contribution in [2.24, 2.45) is 0 Å². The van der Waals surface area contributed by atoms with Crippen LogP contribution in [0.1, 0.15) is 24.8 Å². The van der Waals surface area contributed by atoms with E-state index >= 15 is 0 Å². The molecule has 0 unspecified atom stereocenters. The Labute approximate surface area is 146 Å². The van der Waals surface area contributed by atoms with Crippen LogP contribution in [0.5, 0.6) is 0 Å². The maximum atomic E-state index is 12.6. The maximum Gasteiger partial charge on any atom is 0.246 e.